The second kappa shape index (κ2) is 34.2. The SMILES string of the molecule is CC(C)(C)c1ccc(C#N)c(Cl)c1.CC(C)(C)c1ccc(C#N)c2ccc(F)cc12.CC(C)(C)c1ccc(C#N)c2ccccc12.CC(C)(C)c1ccc(C#N)cc1.CC(C)(C)c1ccc(C#N)cc1Cl.CC(C)(C)c1ccc(C#N)cc1F.Cc1cccc(Cl)c1C(C)(C)C. The van der Waals surface area contributed by atoms with Crippen LogP contribution in [0.25, 0.3) is 21.5 Å². The molecule has 6 nitrogen and oxygen atoms in total. The van der Waals surface area contributed by atoms with Crippen LogP contribution in [0.3, 0.4) is 0 Å². The van der Waals surface area contributed by atoms with Gasteiger partial charge in [0.25, 0.3) is 0 Å². The molecule has 9 aromatic rings. The summed E-state index contributed by atoms with van der Waals surface area (Å²) in [7, 11) is 0. The molecular weight excluding hydrogens is 1250 g/mol. The van der Waals surface area contributed by atoms with Gasteiger partial charge in [-0.05, 0) is 190 Å². The fourth-order valence-electron chi connectivity index (χ4n) is 10.2. The number of fused-ring (bicyclic) bond motifs is 2. The third-order valence-electron chi connectivity index (χ3n) is 15.4. The second-order valence-electron chi connectivity index (χ2n) is 30.6. The Morgan fingerprint density at radius 1 is 0.292 bits per heavy atom. The summed E-state index contributed by atoms with van der Waals surface area (Å²) in [4.78, 5) is 0. The van der Waals surface area contributed by atoms with Crippen LogP contribution in [0, 0.1) is 86.5 Å². The maximum atomic E-state index is 13.4. The molecule has 9 aromatic carbocycles. The predicted octanol–water partition coefficient (Wildman–Crippen LogP) is 25.0. The normalized spacial score (nSPS) is 11.2. The van der Waals surface area contributed by atoms with E-state index in [1.54, 1.807) is 42.5 Å². The van der Waals surface area contributed by atoms with Gasteiger partial charge in [-0.1, -0.05) is 265 Å². The van der Waals surface area contributed by atoms with Crippen molar-refractivity contribution in [1.29, 1.82) is 31.6 Å². The van der Waals surface area contributed by atoms with Crippen molar-refractivity contribution in [3.8, 4) is 36.4 Å². The Morgan fingerprint density at radius 3 is 1.09 bits per heavy atom. The molecule has 0 heterocycles. The van der Waals surface area contributed by atoms with Gasteiger partial charge in [0.1, 0.15) is 17.7 Å². The van der Waals surface area contributed by atoms with Gasteiger partial charge >= 0.3 is 0 Å². The number of hydrogen-bond donors (Lipinski definition) is 0. The van der Waals surface area contributed by atoms with Crippen molar-refractivity contribution >= 4 is 56.3 Å². The largest absolute Gasteiger partial charge is 0.207 e. The molecule has 0 bridgehead atoms. The van der Waals surface area contributed by atoms with Gasteiger partial charge in [0.05, 0.1) is 68.7 Å². The topological polar surface area (TPSA) is 143 Å². The lowest BCUT2D eigenvalue weighted by Gasteiger charge is -2.22. The van der Waals surface area contributed by atoms with Gasteiger partial charge in [-0.2, -0.15) is 31.6 Å². The predicted molar refractivity (Wildman–Crippen MR) is 399 cm³/mol. The highest BCUT2D eigenvalue weighted by molar-refractivity contribution is 6.32. The average Bonchev–Trinajstić information content (AvgIpc) is 0.787. The van der Waals surface area contributed by atoms with E-state index in [0.29, 0.717) is 37.9 Å². The third-order valence-corrected chi connectivity index (χ3v) is 16.3. The minimum Gasteiger partial charge on any atom is -0.207 e. The third kappa shape index (κ3) is 24.1. The lowest BCUT2D eigenvalue weighted by Crippen LogP contribution is -2.13. The maximum absolute atomic E-state index is 13.4. The zero-order chi connectivity index (χ0) is 73.1. The van der Waals surface area contributed by atoms with Gasteiger partial charge < -0.3 is 0 Å². The molecule has 0 spiro atoms. The van der Waals surface area contributed by atoms with Crippen LogP contribution in [0.1, 0.15) is 223 Å². The lowest BCUT2D eigenvalue weighted by molar-refractivity contribution is 0.522. The van der Waals surface area contributed by atoms with E-state index in [9.17, 15) is 8.78 Å². The first-order valence-electron chi connectivity index (χ1n) is 31.7. The quantitative estimate of drug-likeness (QED) is 0.148. The molecule has 0 saturated carbocycles. The van der Waals surface area contributed by atoms with E-state index in [1.807, 2.05) is 118 Å². The highest BCUT2D eigenvalue weighted by Gasteiger charge is 2.23. The fourth-order valence-corrected chi connectivity index (χ4v) is 11.4. The second-order valence-corrected chi connectivity index (χ2v) is 31.8. The number of halogens is 5. The Bertz CT molecular complexity index is 4320. The van der Waals surface area contributed by atoms with Crippen LogP contribution in [0.2, 0.25) is 15.1 Å². The van der Waals surface area contributed by atoms with Crippen molar-refractivity contribution in [3.63, 3.8) is 0 Å². The summed E-state index contributed by atoms with van der Waals surface area (Å²) in [5.41, 5.74) is 12.9. The van der Waals surface area contributed by atoms with E-state index >= 15 is 0 Å². The average molecular weight is 1340 g/mol. The molecule has 0 aliphatic rings. The van der Waals surface area contributed by atoms with Gasteiger partial charge in [0.2, 0.25) is 0 Å². The number of rotatable bonds is 0. The molecule has 0 N–H and O–H groups in total. The Morgan fingerprint density at radius 2 is 0.698 bits per heavy atom. The highest BCUT2D eigenvalue weighted by atomic mass is 35.5. The van der Waals surface area contributed by atoms with Gasteiger partial charge in [-0.3, -0.25) is 0 Å². The summed E-state index contributed by atoms with van der Waals surface area (Å²) >= 11 is 18.1. The van der Waals surface area contributed by atoms with Crippen molar-refractivity contribution in [2.24, 2.45) is 0 Å². The molecule has 9 rings (SSSR count). The van der Waals surface area contributed by atoms with Crippen LogP contribution in [0.4, 0.5) is 8.78 Å². The van der Waals surface area contributed by atoms with Gasteiger partial charge in [0.15, 0.2) is 0 Å². The lowest BCUT2D eigenvalue weighted by atomic mass is 9.83. The number of nitriles is 6. The van der Waals surface area contributed by atoms with Crippen LogP contribution in [0.5, 0.6) is 0 Å². The van der Waals surface area contributed by atoms with E-state index < -0.39 is 0 Å². The minimum absolute atomic E-state index is 0.0328. The molecule has 11 heteroatoms. The van der Waals surface area contributed by atoms with E-state index in [-0.39, 0.29) is 49.5 Å². The van der Waals surface area contributed by atoms with Crippen molar-refractivity contribution in [3.05, 3.63) is 268 Å². The highest BCUT2D eigenvalue weighted by Crippen LogP contribution is 2.36. The Hall–Kier alpha value is -8.83. The van der Waals surface area contributed by atoms with Crippen LogP contribution in [-0.2, 0) is 37.9 Å². The van der Waals surface area contributed by atoms with Crippen molar-refractivity contribution in [2.75, 3.05) is 0 Å². The van der Waals surface area contributed by atoms with Crippen molar-refractivity contribution in [2.45, 2.75) is 190 Å². The monoisotopic (exact) mass is 1340 g/mol. The molecule has 0 unspecified atom stereocenters. The molecule has 0 aliphatic carbocycles. The number of benzene rings is 9. The summed E-state index contributed by atoms with van der Waals surface area (Å²) in [6, 6.07) is 62.3. The Kier molecular flexibility index (Phi) is 29.0. The summed E-state index contributed by atoms with van der Waals surface area (Å²) in [5, 5.41) is 58.6. The summed E-state index contributed by atoms with van der Waals surface area (Å²) < 4.78 is 26.7. The molecule has 0 aliphatic heterocycles. The standard InChI is InChI=1S/C15H14FN.C15H15N.2C11H12ClN.C11H15Cl.C11H12FN.C11H13N/c1-15(2,3)14-7-4-10(9-17)12-6-5-11(16)8-13(12)14;1-15(2,3)14-9-8-11(10-16)12-6-4-5-7-13(12)14;1-11(2,3)9-5-4-8(7-13)10(12)6-9;1-11(2,3)9-5-4-8(7-13)6-10(9)12;1-8-6-5-7-9(12)10(8)11(2,3)4;1-11(2,3)9-5-4-8(7-13)6-10(9)12;1-11(2,3)10-6-4-9(8-12)5-7-10/h4-8H,1-3H3;4-9H,1-3H3;2*4-6H,1-3H3;5-7H,1-4H3;4-6H,1-3H3;4-7H,1-3H3. The molecular formula is C85H93Cl3F2N6. The molecule has 498 valence electrons. The number of aryl methyl sites for hydroxylation is 1. The van der Waals surface area contributed by atoms with E-state index in [4.69, 9.17) is 66.4 Å². The van der Waals surface area contributed by atoms with Crippen molar-refractivity contribution < 1.29 is 8.78 Å². The minimum atomic E-state index is -0.299. The molecule has 0 saturated heterocycles. The van der Waals surface area contributed by atoms with E-state index in [1.165, 1.54) is 45.8 Å². The fraction of sp³-hybridized carbons (Fsp3) is 0.341. The molecule has 0 aromatic heterocycles. The zero-order valence-electron chi connectivity index (χ0n) is 60.2. The van der Waals surface area contributed by atoms with Gasteiger partial charge in [-0.15, -0.1) is 0 Å². The molecule has 0 atom stereocenters. The van der Waals surface area contributed by atoms with Crippen LogP contribution in [-0.4, -0.2) is 0 Å². The van der Waals surface area contributed by atoms with E-state index in [2.05, 4.69) is 174 Å². The van der Waals surface area contributed by atoms with Crippen LogP contribution >= 0.6 is 34.8 Å². The van der Waals surface area contributed by atoms with Gasteiger partial charge in [0, 0.05) is 10.0 Å². The summed E-state index contributed by atoms with van der Waals surface area (Å²) in [6.45, 7) is 46.4. The molecule has 0 fully saturated rings. The summed E-state index contributed by atoms with van der Waals surface area (Å²) in [5.74, 6) is -0.565. The Labute approximate surface area is 588 Å². The molecule has 96 heavy (non-hydrogen) atoms. The summed E-state index contributed by atoms with van der Waals surface area (Å²) in [6.07, 6.45) is 0. The molecule has 0 radical (unpaired) electrons. The Balaban J connectivity index is 0.000000293. The number of nitrogens with zero attached hydrogens (tertiary/aromatic N) is 6. The zero-order valence-corrected chi connectivity index (χ0v) is 62.4. The van der Waals surface area contributed by atoms with Gasteiger partial charge in [-0.25, -0.2) is 8.78 Å². The van der Waals surface area contributed by atoms with Crippen LogP contribution in [0.15, 0.2) is 164 Å². The first kappa shape index (κ1) is 81.4. The van der Waals surface area contributed by atoms with Crippen molar-refractivity contribution in [1.82, 2.24) is 0 Å². The first-order chi connectivity index (χ1) is 44.3. The maximum Gasteiger partial charge on any atom is 0.128 e. The van der Waals surface area contributed by atoms with E-state index in [0.717, 1.165) is 49.0 Å². The number of hydrogen-bond acceptors (Lipinski definition) is 6. The first-order valence-corrected chi connectivity index (χ1v) is 32.8. The molecule has 0 amide bonds. The van der Waals surface area contributed by atoms with Crippen LogP contribution < -0.4 is 0 Å². The smallest absolute Gasteiger partial charge is 0.128 e.